The summed E-state index contributed by atoms with van der Waals surface area (Å²) in [5.41, 5.74) is 5.53. The van der Waals surface area contributed by atoms with Gasteiger partial charge in [0.2, 0.25) is 10.0 Å². The number of benzene rings is 1. The first-order valence-electron chi connectivity index (χ1n) is 8.16. The van der Waals surface area contributed by atoms with E-state index in [4.69, 9.17) is 0 Å². The number of nitrogens with zero attached hydrogens (tertiary/aromatic N) is 3. The highest BCUT2D eigenvalue weighted by Gasteiger charge is 2.26. The third kappa shape index (κ3) is 3.26. The van der Waals surface area contributed by atoms with Crippen LogP contribution in [0, 0.1) is 34.6 Å². The zero-order valence-corrected chi connectivity index (χ0v) is 16.5. The highest BCUT2D eigenvalue weighted by molar-refractivity contribution is 7.89. The molecule has 1 heterocycles. The Morgan fingerprint density at radius 1 is 1.08 bits per heavy atom. The molecular formula is C18H27N3O2S. The lowest BCUT2D eigenvalue weighted by Gasteiger charge is -2.21. The van der Waals surface area contributed by atoms with E-state index in [9.17, 15) is 8.42 Å². The van der Waals surface area contributed by atoms with Gasteiger partial charge in [0.25, 0.3) is 0 Å². The molecular weight excluding hydrogens is 322 g/mol. The van der Waals surface area contributed by atoms with Gasteiger partial charge in [0.1, 0.15) is 0 Å². The molecule has 0 amide bonds. The third-order valence-corrected chi connectivity index (χ3v) is 6.59. The van der Waals surface area contributed by atoms with Crippen LogP contribution >= 0.6 is 0 Å². The first-order chi connectivity index (χ1) is 11.1. The molecule has 132 valence electrons. The van der Waals surface area contributed by atoms with Crippen molar-refractivity contribution in [2.24, 2.45) is 0 Å². The van der Waals surface area contributed by atoms with Crippen LogP contribution in [-0.4, -0.2) is 29.6 Å². The van der Waals surface area contributed by atoms with Crippen molar-refractivity contribution in [2.45, 2.75) is 59.5 Å². The summed E-state index contributed by atoms with van der Waals surface area (Å²) in [4.78, 5) is 0.411. The minimum atomic E-state index is -3.55. The van der Waals surface area contributed by atoms with Gasteiger partial charge in [-0.1, -0.05) is 17.7 Å². The molecule has 0 spiro atoms. The van der Waals surface area contributed by atoms with Crippen LogP contribution in [0.3, 0.4) is 0 Å². The van der Waals surface area contributed by atoms with E-state index in [1.807, 2.05) is 58.4 Å². The summed E-state index contributed by atoms with van der Waals surface area (Å²) < 4.78 is 29.5. The van der Waals surface area contributed by atoms with Crippen LogP contribution in [0.15, 0.2) is 17.0 Å². The molecule has 24 heavy (non-hydrogen) atoms. The van der Waals surface area contributed by atoms with Crippen molar-refractivity contribution in [1.29, 1.82) is 0 Å². The summed E-state index contributed by atoms with van der Waals surface area (Å²) in [6, 6.07) is 3.83. The summed E-state index contributed by atoms with van der Waals surface area (Å²) in [7, 11) is -1.91. The van der Waals surface area contributed by atoms with Crippen molar-refractivity contribution in [2.75, 3.05) is 7.05 Å². The molecule has 0 atom stereocenters. The largest absolute Gasteiger partial charge is 0.270 e. The van der Waals surface area contributed by atoms with Crippen molar-refractivity contribution < 1.29 is 8.42 Å². The van der Waals surface area contributed by atoms with Gasteiger partial charge in [0.15, 0.2) is 0 Å². The lowest BCUT2D eigenvalue weighted by molar-refractivity contribution is 0.464. The van der Waals surface area contributed by atoms with E-state index in [-0.39, 0.29) is 0 Å². The highest BCUT2D eigenvalue weighted by atomic mass is 32.2. The van der Waals surface area contributed by atoms with Gasteiger partial charge in [-0.2, -0.15) is 9.40 Å². The molecule has 5 nitrogen and oxygen atoms in total. The molecule has 0 unspecified atom stereocenters. The molecule has 0 radical (unpaired) electrons. The van der Waals surface area contributed by atoms with E-state index in [1.54, 1.807) is 7.05 Å². The maximum absolute atomic E-state index is 13.1. The Balaban J connectivity index is 2.43. The minimum absolute atomic E-state index is 0.326. The number of aromatic nitrogens is 2. The van der Waals surface area contributed by atoms with Crippen molar-refractivity contribution in [3.8, 4) is 0 Å². The maximum atomic E-state index is 13.1. The second kappa shape index (κ2) is 6.69. The zero-order chi connectivity index (χ0) is 18.2. The summed E-state index contributed by atoms with van der Waals surface area (Å²) in [6.45, 7) is 12.7. The van der Waals surface area contributed by atoms with Gasteiger partial charge in [0, 0.05) is 31.4 Å². The predicted molar refractivity (Wildman–Crippen MR) is 96.7 cm³/mol. The number of sulfonamides is 1. The SMILES string of the molecule is CCn1nc(C)c(CN(C)S(=O)(=O)c2c(C)cc(C)cc2C)c1C. The van der Waals surface area contributed by atoms with Crippen molar-refractivity contribution in [1.82, 2.24) is 14.1 Å². The van der Waals surface area contributed by atoms with Gasteiger partial charge in [0.05, 0.1) is 10.6 Å². The molecule has 0 saturated heterocycles. The Bertz CT molecular complexity index is 844. The Morgan fingerprint density at radius 3 is 2.08 bits per heavy atom. The van der Waals surface area contributed by atoms with Crippen molar-refractivity contribution in [3.05, 3.63) is 45.8 Å². The number of hydrogen-bond acceptors (Lipinski definition) is 3. The lowest BCUT2D eigenvalue weighted by Crippen LogP contribution is -2.28. The summed E-state index contributed by atoms with van der Waals surface area (Å²) in [6.07, 6.45) is 0. The molecule has 1 aromatic heterocycles. The Morgan fingerprint density at radius 2 is 1.62 bits per heavy atom. The van der Waals surface area contributed by atoms with E-state index < -0.39 is 10.0 Å². The Kier molecular flexibility index (Phi) is 5.20. The van der Waals surface area contributed by atoms with E-state index in [0.717, 1.165) is 40.2 Å². The fraction of sp³-hybridized carbons (Fsp3) is 0.500. The second-order valence-electron chi connectivity index (χ2n) is 6.45. The van der Waals surface area contributed by atoms with Crippen LogP contribution in [0.4, 0.5) is 0 Å². The van der Waals surface area contributed by atoms with Crippen LogP contribution in [-0.2, 0) is 23.1 Å². The fourth-order valence-electron chi connectivity index (χ4n) is 3.31. The van der Waals surface area contributed by atoms with Crippen LogP contribution in [0.2, 0.25) is 0 Å². The molecule has 1 aromatic carbocycles. The van der Waals surface area contributed by atoms with Crippen LogP contribution in [0.25, 0.3) is 0 Å². The molecule has 0 aliphatic rings. The van der Waals surface area contributed by atoms with Gasteiger partial charge in [-0.25, -0.2) is 8.42 Å². The Labute approximate surface area is 145 Å². The van der Waals surface area contributed by atoms with Gasteiger partial charge >= 0.3 is 0 Å². The van der Waals surface area contributed by atoms with Crippen LogP contribution in [0.5, 0.6) is 0 Å². The third-order valence-electron chi connectivity index (χ3n) is 4.48. The van der Waals surface area contributed by atoms with E-state index in [2.05, 4.69) is 5.10 Å². The average Bonchev–Trinajstić information content (AvgIpc) is 2.73. The molecule has 0 fully saturated rings. The number of rotatable bonds is 5. The minimum Gasteiger partial charge on any atom is -0.270 e. The predicted octanol–water partition coefficient (Wildman–Crippen LogP) is 3.27. The quantitative estimate of drug-likeness (QED) is 0.832. The van der Waals surface area contributed by atoms with E-state index >= 15 is 0 Å². The molecule has 2 aromatic rings. The van der Waals surface area contributed by atoms with Crippen LogP contribution < -0.4 is 0 Å². The maximum Gasteiger partial charge on any atom is 0.243 e. The number of aryl methyl sites for hydroxylation is 5. The first-order valence-corrected chi connectivity index (χ1v) is 9.60. The van der Waals surface area contributed by atoms with Crippen molar-refractivity contribution >= 4 is 10.0 Å². The standard InChI is InChI=1S/C18H27N3O2S/c1-8-21-16(6)17(15(5)19-21)11-20(7)24(22,23)18-13(3)9-12(2)10-14(18)4/h9-10H,8,11H2,1-7H3. The van der Waals surface area contributed by atoms with E-state index in [0.29, 0.717) is 11.4 Å². The van der Waals surface area contributed by atoms with Gasteiger partial charge in [-0.05, 0) is 52.7 Å². The summed E-state index contributed by atoms with van der Waals surface area (Å²) >= 11 is 0. The average molecular weight is 350 g/mol. The topological polar surface area (TPSA) is 55.2 Å². The van der Waals surface area contributed by atoms with Gasteiger partial charge in [-0.15, -0.1) is 0 Å². The highest BCUT2D eigenvalue weighted by Crippen LogP contribution is 2.26. The Hall–Kier alpha value is -1.66. The monoisotopic (exact) mass is 349 g/mol. The summed E-state index contributed by atoms with van der Waals surface area (Å²) in [5.74, 6) is 0. The molecule has 0 aliphatic carbocycles. The normalized spacial score (nSPS) is 12.2. The number of hydrogen-bond donors (Lipinski definition) is 0. The van der Waals surface area contributed by atoms with Crippen molar-refractivity contribution in [3.63, 3.8) is 0 Å². The molecule has 0 bridgehead atoms. The molecule has 0 aliphatic heterocycles. The molecule has 0 saturated carbocycles. The van der Waals surface area contributed by atoms with Gasteiger partial charge < -0.3 is 0 Å². The zero-order valence-electron chi connectivity index (χ0n) is 15.6. The van der Waals surface area contributed by atoms with Gasteiger partial charge in [-0.3, -0.25) is 4.68 Å². The summed E-state index contributed by atoms with van der Waals surface area (Å²) in [5, 5.41) is 4.48. The first kappa shape index (κ1) is 18.7. The molecule has 6 heteroatoms. The molecule has 0 N–H and O–H groups in total. The molecule has 2 rings (SSSR count). The second-order valence-corrected chi connectivity index (χ2v) is 8.44. The lowest BCUT2D eigenvalue weighted by atomic mass is 10.1. The fourth-order valence-corrected chi connectivity index (χ4v) is 4.85. The van der Waals surface area contributed by atoms with E-state index in [1.165, 1.54) is 4.31 Å². The van der Waals surface area contributed by atoms with Crippen LogP contribution in [0.1, 0.15) is 40.6 Å². The smallest absolute Gasteiger partial charge is 0.243 e.